The first-order valence-electron chi connectivity index (χ1n) is 6.77. The van der Waals surface area contributed by atoms with Gasteiger partial charge in [0.15, 0.2) is 0 Å². The van der Waals surface area contributed by atoms with Gasteiger partial charge in [-0.15, -0.1) is 0 Å². The van der Waals surface area contributed by atoms with Crippen LogP contribution in [0.15, 0.2) is 59.7 Å². The first kappa shape index (κ1) is 12.5. The molecule has 4 rings (SSSR count). The SMILES string of the molecule is O=c1[nH]c(-c2cn[nH]c2-c2ccccn2)nc2ccccc12. The Hall–Kier alpha value is -3.28. The maximum atomic E-state index is 12.2. The van der Waals surface area contributed by atoms with Crippen LogP contribution < -0.4 is 5.56 Å². The smallest absolute Gasteiger partial charge is 0.259 e. The monoisotopic (exact) mass is 289 g/mol. The summed E-state index contributed by atoms with van der Waals surface area (Å²) in [6.45, 7) is 0. The minimum Gasteiger partial charge on any atom is -0.306 e. The third-order valence-corrected chi connectivity index (χ3v) is 3.43. The largest absolute Gasteiger partial charge is 0.306 e. The number of para-hydroxylation sites is 1. The molecule has 0 saturated carbocycles. The predicted octanol–water partition coefficient (Wildman–Crippen LogP) is 2.38. The summed E-state index contributed by atoms with van der Waals surface area (Å²) < 4.78 is 0. The maximum absolute atomic E-state index is 12.2. The normalized spacial score (nSPS) is 10.9. The van der Waals surface area contributed by atoms with E-state index in [1.807, 2.05) is 36.4 Å². The summed E-state index contributed by atoms with van der Waals surface area (Å²) in [6, 6.07) is 12.8. The van der Waals surface area contributed by atoms with Gasteiger partial charge in [0.2, 0.25) is 0 Å². The summed E-state index contributed by atoms with van der Waals surface area (Å²) in [5, 5.41) is 7.54. The zero-order chi connectivity index (χ0) is 14.9. The maximum Gasteiger partial charge on any atom is 0.259 e. The van der Waals surface area contributed by atoms with Crippen LogP contribution in [0.5, 0.6) is 0 Å². The molecule has 0 unspecified atom stereocenters. The van der Waals surface area contributed by atoms with Gasteiger partial charge >= 0.3 is 0 Å². The van der Waals surface area contributed by atoms with E-state index in [9.17, 15) is 4.79 Å². The second-order valence-electron chi connectivity index (χ2n) is 4.81. The van der Waals surface area contributed by atoms with Gasteiger partial charge in [0.25, 0.3) is 5.56 Å². The third kappa shape index (κ3) is 1.98. The quantitative estimate of drug-likeness (QED) is 0.593. The molecule has 4 aromatic rings. The van der Waals surface area contributed by atoms with Gasteiger partial charge in [-0.25, -0.2) is 4.98 Å². The van der Waals surface area contributed by atoms with Crippen molar-refractivity contribution < 1.29 is 0 Å². The molecule has 22 heavy (non-hydrogen) atoms. The molecule has 0 fully saturated rings. The van der Waals surface area contributed by atoms with Crippen molar-refractivity contribution in [3.63, 3.8) is 0 Å². The second-order valence-corrected chi connectivity index (χ2v) is 4.81. The lowest BCUT2D eigenvalue weighted by atomic mass is 10.1. The molecule has 0 spiro atoms. The Morgan fingerprint density at radius 1 is 1.00 bits per heavy atom. The lowest BCUT2D eigenvalue weighted by Crippen LogP contribution is -2.09. The van der Waals surface area contributed by atoms with E-state index in [0.717, 1.165) is 11.4 Å². The molecule has 6 nitrogen and oxygen atoms in total. The number of hydrogen-bond acceptors (Lipinski definition) is 4. The van der Waals surface area contributed by atoms with Crippen LogP contribution in [0.25, 0.3) is 33.7 Å². The minimum absolute atomic E-state index is 0.172. The fourth-order valence-electron chi connectivity index (χ4n) is 2.39. The highest BCUT2D eigenvalue weighted by Gasteiger charge is 2.14. The summed E-state index contributed by atoms with van der Waals surface area (Å²) in [7, 11) is 0. The lowest BCUT2D eigenvalue weighted by molar-refractivity contribution is 1.09. The Bertz CT molecular complexity index is 1000. The van der Waals surface area contributed by atoms with Crippen LogP contribution in [0.4, 0.5) is 0 Å². The zero-order valence-electron chi connectivity index (χ0n) is 11.4. The Morgan fingerprint density at radius 2 is 1.86 bits per heavy atom. The van der Waals surface area contributed by atoms with E-state index < -0.39 is 0 Å². The van der Waals surface area contributed by atoms with Crippen LogP contribution in [0.2, 0.25) is 0 Å². The van der Waals surface area contributed by atoms with Gasteiger partial charge in [-0.1, -0.05) is 18.2 Å². The number of H-pyrrole nitrogens is 2. The molecule has 0 aliphatic heterocycles. The average Bonchev–Trinajstić information content (AvgIpc) is 3.05. The molecule has 2 N–H and O–H groups in total. The van der Waals surface area contributed by atoms with Crippen molar-refractivity contribution >= 4 is 10.9 Å². The molecule has 3 heterocycles. The van der Waals surface area contributed by atoms with Crippen molar-refractivity contribution in [1.82, 2.24) is 25.1 Å². The van der Waals surface area contributed by atoms with Crippen molar-refractivity contribution in [1.29, 1.82) is 0 Å². The minimum atomic E-state index is -0.172. The van der Waals surface area contributed by atoms with E-state index in [4.69, 9.17) is 0 Å². The van der Waals surface area contributed by atoms with E-state index in [-0.39, 0.29) is 5.56 Å². The molecular weight excluding hydrogens is 278 g/mol. The number of fused-ring (bicyclic) bond motifs is 1. The third-order valence-electron chi connectivity index (χ3n) is 3.43. The molecule has 6 heteroatoms. The second kappa shape index (κ2) is 4.92. The van der Waals surface area contributed by atoms with E-state index in [2.05, 4.69) is 25.1 Å². The Kier molecular flexibility index (Phi) is 2.79. The van der Waals surface area contributed by atoms with Crippen molar-refractivity contribution in [2.45, 2.75) is 0 Å². The van der Waals surface area contributed by atoms with Crippen LogP contribution in [0.1, 0.15) is 0 Å². The molecule has 3 aromatic heterocycles. The summed E-state index contributed by atoms with van der Waals surface area (Å²) in [5.41, 5.74) is 2.65. The lowest BCUT2D eigenvalue weighted by Gasteiger charge is -2.03. The van der Waals surface area contributed by atoms with Gasteiger partial charge in [0.1, 0.15) is 5.82 Å². The van der Waals surface area contributed by atoms with Gasteiger partial charge in [0, 0.05) is 6.20 Å². The predicted molar refractivity (Wildman–Crippen MR) is 83.2 cm³/mol. The standard InChI is InChI=1S/C16H11N5O/c22-16-10-5-1-2-6-12(10)19-15(20-16)11-9-18-21-14(11)13-7-3-4-8-17-13/h1-9H,(H,18,21)(H,19,20,22). The zero-order valence-corrected chi connectivity index (χ0v) is 11.4. The first-order valence-corrected chi connectivity index (χ1v) is 6.77. The molecule has 0 amide bonds. The van der Waals surface area contributed by atoms with Crippen molar-refractivity contribution in [3.8, 4) is 22.8 Å². The van der Waals surface area contributed by atoms with E-state index in [1.54, 1.807) is 18.5 Å². The van der Waals surface area contributed by atoms with Gasteiger partial charge in [-0.05, 0) is 24.3 Å². The van der Waals surface area contributed by atoms with Gasteiger partial charge in [0.05, 0.1) is 34.1 Å². The molecule has 0 radical (unpaired) electrons. The number of aromatic amines is 2. The van der Waals surface area contributed by atoms with E-state index in [1.165, 1.54) is 0 Å². The van der Waals surface area contributed by atoms with Crippen molar-refractivity contribution in [2.75, 3.05) is 0 Å². The number of benzene rings is 1. The fraction of sp³-hybridized carbons (Fsp3) is 0. The van der Waals surface area contributed by atoms with Crippen molar-refractivity contribution in [2.24, 2.45) is 0 Å². The van der Waals surface area contributed by atoms with Crippen LogP contribution in [0, 0.1) is 0 Å². The fourth-order valence-corrected chi connectivity index (χ4v) is 2.39. The highest BCUT2D eigenvalue weighted by Crippen LogP contribution is 2.26. The first-order chi connectivity index (χ1) is 10.8. The summed E-state index contributed by atoms with van der Waals surface area (Å²) in [6.07, 6.45) is 3.34. The van der Waals surface area contributed by atoms with Crippen LogP contribution in [-0.4, -0.2) is 25.1 Å². The van der Waals surface area contributed by atoms with E-state index >= 15 is 0 Å². The number of nitrogens with one attached hydrogen (secondary N) is 2. The Labute approximate surface area is 124 Å². The molecule has 106 valence electrons. The highest BCUT2D eigenvalue weighted by atomic mass is 16.1. The summed E-state index contributed by atoms with van der Waals surface area (Å²) >= 11 is 0. The van der Waals surface area contributed by atoms with Crippen molar-refractivity contribution in [3.05, 3.63) is 65.2 Å². The molecular formula is C16H11N5O. The van der Waals surface area contributed by atoms with Gasteiger partial charge < -0.3 is 4.98 Å². The summed E-state index contributed by atoms with van der Waals surface area (Å²) in [5.74, 6) is 0.470. The summed E-state index contributed by atoms with van der Waals surface area (Å²) in [4.78, 5) is 23.8. The molecule has 1 aromatic carbocycles. The molecule has 0 aliphatic carbocycles. The number of rotatable bonds is 2. The van der Waals surface area contributed by atoms with Crippen LogP contribution in [0.3, 0.4) is 0 Å². The molecule has 0 atom stereocenters. The molecule has 0 bridgehead atoms. The molecule has 0 aliphatic rings. The number of nitrogens with zero attached hydrogens (tertiary/aromatic N) is 3. The number of aromatic nitrogens is 5. The Balaban J connectivity index is 1.94. The van der Waals surface area contributed by atoms with Gasteiger partial charge in [-0.3, -0.25) is 14.9 Å². The number of hydrogen-bond donors (Lipinski definition) is 2. The van der Waals surface area contributed by atoms with Crippen LogP contribution >= 0.6 is 0 Å². The molecule has 0 saturated heterocycles. The van der Waals surface area contributed by atoms with Gasteiger partial charge in [-0.2, -0.15) is 5.10 Å². The topological polar surface area (TPSA) is 87.3 Å². The van der Waals surface area contributed by atoms with E-state index in [0.29, 0.717) is 22.3 Å². The Morgan fingerprint density at radius 3 is 2.73 bits per heavy atom. The highest BCUT2D eigenvalue weighted by molar-refractivity contribution is 5.81. The average molecular weight is 289 g/mol. The number of pyridine rings is 1. The van der Waals surface area contributed by atoms with Crippen LogP contribution in [-0.2, 0) is 0 Å².